The van der Waals surface area contributed by atoms with E-state index >= 15 is 0 Å². The highest BCUT2D eigenvalue weighted by Gasteiger charge is 2.30. The summed E-state index contributed by atoms with van der Waals surface area (Å²) < 4.78 is 43.1. The van der Waals surface area contributed by atoms with E-state index in [0.717, 1.165) is 38.1 Å². The first kappa shape index (κ1) is 22.5. The zero-order valence-electron chi connectivity index (χ0n) is 14.6. The summed E-state index contributed by atoms with van der Waals surface area (Å²) in [4.78, 5) is 14.0. The number of alkyl halides is 3. The predicted octanol–water partition coefficient (Wildman–Crippen LogP) is 2.31. The van der Waals surface area contributed by atoms with Gasteiger partial charge in [0.2, 0.25) is 5.91 Å². The highest BCUT2D eigenvalue weighted by Crippen LogP contribution is 2.31. The van der Waals surface area contributed by atoms with Crippen LogP contribution in [0.3, 0.4) is 0 Å². The lowest BCUT2D eigenvalue weighted by molar-refractivity contribution is -0.137. The maximum absolute atomic E-state index is 12.6. The summed E-state index contributed by atoms with van der Waals surface area (Å²) in [7, 11) is 1.92. The average Bonchev–Trinajstić information content (AvgIpc) is 2.58. The van der Waals surface area contributed by atoms with Crippen LogP contribution in [-0.4, -0.2) is 56.7 Å². The highest BCUT2D eigenvalue weighted by molar-refractivity contribution is 5.85. The van der Waals surface area contributed by atoms with Gasteiger partial charge in [0, 0.05) is 12.6 Å². The Hall–Kier alpha value is -1.51. The van der Waals surface area contributed by atoms with E-state index in [2.05, 4.69) is 15.5 Å². The van der Waals surface area contributed by atoms with E-state index in [4.69, 9.17) is 4.74 Å². The molecule has 1 aliphatic rings. The summed E-state index contributed by atoms with van der Waals surface area (Å²) in [5.41, 5.74) is -0.752. The normalized spacial score (nSPS) is 18.1. The number of hydrogen-bond donors (Lipinski definition) is 2. The molecule has 0 aromatic heterocycles. The van der Waals surface area contributed by atoms with Crippen molar-refractivity contribution in [3.8, 4) is 5.75 Å². The molecule has 26 heavy (non-hydrogen) atoms. The summed E-state index contributed by atoms with van der Waals surface area (Å²) in [5, 5.41) is 5.95. The van der Waals surface area contributed by atoms with Crippen LogP contribution in [-0.2, 0) is 11.0 Å². The summed E-state index contributed by atoms with van der Waals surface area (Å²) >= 11 is 0. The molecule has 0 radical (unpaired) electrons. The fraction of sp³-hybridized carbons (Fsp3) is 0.588. The van der Waals surface area contributed by atoms with Gasteiger partial charge in [0.1, 0.15) is 12.4 Å². The molecule has 148 valence electrons. The summed E-state index contributed by atoms with van der Waals surface area (Å²) in [6.07, 6.45) is -2.23. The molecule has 2 N–H and O–H groups in total. The van der Waals surface area contributed by atoms with Crippen molar-refractivity contribution in [1.29, 1.82) is 0 Å². The molecular weight excluding hydrogens is 371 g/mol. The van der Waals surface area contributed by atoms with Crippen molar-refractivity contribution in [3.63, 3.8) is 0 Å². The molecular formula is C17H25ClF3N3O2. The first-order chi connectivity index (χ1) is 11.9. The second-order valence-corrected chi connectivity index (χ2v) is 6.09. The lowest BCUT2D eigenvalue weighted by atomic mass is 10.1. The number of carbonyl (C=O) groups is 1. The summed E-state index contributed by atoms with van der Waals surface area (Å²) in [6.45, 7) is 2.42. The van der Waals surface area contributed by atoms with E-state index in [9.17, 15) is 18.0 Å². The molecule has 9 heteroatoms. The summed E-state index contributed by atoms with van der Waals surface area (Å²) in [6, 6.07) is 5.11. The minimum absolute atomic E-state index is 0. The third kappa shape index (κ3) is 7.39. The van der Waals surface area contributed by atoms with Crippen molar-refractivity contribution in [3.05, 3.63) is 29.8 Å². The van der Waals surface area contributed by atoms with Gasteiger partial charge in [0.15, 0.2) is 0 Å². The summed E-state index contributed by atoms with van der Waals surface area (Å²) in [5.74, 6) is 0.0290. The van der Waals surface area contributed by atoms with Crippen LogP contribution in [0.2, 0.25) is 0 Å². The number of hydrogen-bond acceptors (Lipinski definition) is 4. The Bertz CT molecular complexity index is 572. The molecule has 2 rings (SSSR count). The molecule has 1 heterocycles. The van der Waals surface area contributed by atoms with Crippen molar-refractivity contribution in [2.45, 2.75) is 25.1 Å². The Balaban J connectivity index is 0.00000338. The second-order valence-electron chi connectivity index (χ2n) is 6.09. The van der Waals surface area contributed by atoms with E-state index in [1.807, 2.05) is 7.05 Å². The number of likely N-dealkylation sites (N-methyl/N-ethyl adjacent to an activating group) is 1. The maximum atomic E-state index is 12.6. The van der Waals surface area contributed by atoms with Crippen LogP contribution in [0.15, 0.2) is 24.3 Å². The van der Waals surface area contributed by atoms with Gasteiger partial charge >= 0.3 is 6.18 Å². The van der Waals surface area contributed by atoms with Gasteiger partial charge in [-0.25, -0.2) is 0 Å². The molecule has 1 atom stereocenters. The van der Waals surface area contributed by atoms with Gasteiger partial charge in [-0.15, -0.1) is 12.4 Å². The number of piperidine rings is 1. The molecule has 1 amide bonds. The fourth-order valence-electron chi connectivity index (χ4n) is 2.82. The van der Waals surface area contributed by atoms with E-state index in [-0.39, 0.29) is 37.2 Å². The Morgan fingerprint density at radius 1 is 1.38 bits per heavy atom. The van der Waals surface area contributed by atoms with Gasteiger partial charge in [-0.3, -0.25) is 9.69 Å². The lowest BCUT2D eigenvalue weighted by Crippen LogP contribution is -2.48. The van der Waals surface area contributed by atoms with Crippen LogP contribution in [0.25, 0.3) is 0 Å². The standard InChI is InChI=1S/C17H24F3N3O2.ClH/c1-21-14-5-3-8-23(11-14)12-16(24)22-7-9-25-15-6-2-4-13(10-15)17(18,19)20;/h2,4,6,10,14,21H,3,5,7-9,11-12H2,1H3,(H,22,24);1H. The number of carbonyl (C=O) groups excluding carboxylic acids is 1. The molecule has 1 aromatic rings. The molecule has 0 bridgehead atoms. The smallest absolute Gasteiger partial charge is 0.416 e. The third-order valence-corrected chi connectivity index (χ3v) is 4.14. The molecule has 1 saturated heterocycles. The third-order valence-electron chi connectivity index (χ3n) is 4.14. The van der Waals surface area contributed by atoms with Gasteiger partial charge in [-0.1, -0.05) is 6.07 Å². The van der Waals surface area contributed by atoms with Crippen LogP contribution in [0.5, 0.6) is 5.75 Å². The molecule has 0 saturated carbocycles. The molecule has 1 aromatic carbocycles. The monoisotopic (exact) mass is 395 g/mol. The van der Waals surface area contributed by atoms with Gasteiger partial charge in [0.25, 0.3) is 0 Å². The number of halogens is 4. The Morgan fingerprint density at radius 2 is 2.15 bits per heavy atom. The van der Waals surface area contributed by atoms with Crippen LogP contribution in [0, 0.1) is 0 Å². The SMILES string of the molecule is CNC1CCCN(CC(=O)NCCOc2cccc(C(F)(F)F)c2)C1.Cl. The van der Waals surface area contributed by atoms with Crippen LogP contribution in [0.4, 0.5) is 13.2 Å². The van der Waals surface area contributed by atoms with Crippen LogP contribution >= 0.6 is 12.4 Å². The van der Waals surface area contributed by atoms with Gasteiger partial charge in [0.05, 0.1) is 18.7 Å². The number of nitrogens with one attached hydrogen (secondary N) is 2. The fourth-order valence-corrected chi connectivity index (χ4v) is 2.82. The second kappa shape index (κ2) is 10.6. The van der Waals surface area contributed by atoms with E-state index in [1.54, 1.807) is 0 Å². The predicted molar refractivity (Wildman–Crippen MR) is 95.7 cm³/mol. The zero-order valence-corrected chi connectivity index (χ0v) is 15.5. The Kier molecular flexibility index (Phi) is 9.18. The van der Waals surface area contributed by atoms with Gasteiger partial charge < -0.3 is 15.4 Å². The van der Waals surface area contributed by atoms with Crippen LogP contribution in [0.1, 0.15) is 18.4 Å². The number of nitrogens with zero attached hydrogens (tertiary/aromatic N) is 1. The Morgan fingerprint density at radius 3 is 2.85 bits per heavy atom. The maximum Gasteiger partial charge on any atom is 0.416 e. The number of amides is 1. The molecule has 1 aliphatic heterocycles. The topological polar surface area (TPSA) is 53.6 Å². The molecule has 1 fully saturated rings. The largest absolute Gasteiger partial charge is 0.492 e. The number of rotatable bonds is 7. The average molecular weight is 396 g/mol. The molecule has 0 aliphatic carbocycles. The van der Waals surface area contributed by atoms with Crippen LogP contribution < -0.4 is 15.4 Å². The van der Waals surface area contributed by atoms with Gasteiger partial charge in [-0.05, 0) is 44.6 Å². The number of likely N-dealkylation sites (tertiary alicyclic amines) is 1. The first-order valence-electron chi connectivity index (χ1n) is 8.35. The van der Waals surface area contributed by atoms with E-state index in [1.165, 1.54) is 12.1 Å². The minimum Gasteiger partial charge on any atom is -0.492 e. The van der Waals surface area contributed by atoms with Gasteiger partial charge in [-0.2, -0.15) is 13.2 Å². The first-order valence-corrected chi connectivity index (χ1v) is 8.35. The minimum atomic E-state index is -4.40. The van der Waals surface area contributed by atoms with E-state index in [0.29, 0.717) is 12.6 Å². The zero-order chi connectivity index (χ0) is 18.3. The number of ether oxygens (including phenoxy) is 1. The number of benzene rings is 1. The lowest BCUT2D eigenvalue weighted by Gasteiger charge is -2.31. The van der Waals surface area contributed by atoms with Crippen molar-refractivity contribution in [2.24, 2.45) is 0 Å². The Labute approximate surface area is 157 Å². The highest BCUT2D eigenvalue weighted by atomic mass is 35.5. The molecule has 0 spiro atoms. The molecule has 1 unspecified atom stereocenters. The molecule has 5 nitrogen and oxygen atoms in total. The van der Waals surface area contributed by atoms with Crippen molar-refractivity contribution < 1.29 is 22.7 Å². The van der Waals surface area contributed by atoms with Crippen molar-refractivity contribution >= 4 is 18.3 Å². The quantitative estimate of drug-likeness (QED) is 0.696. The van der Waals surface area contributed by atoms with E-state index < -0.39 is 11.7 Å². The van der Waals surface area contributed by atoms with Crippen molar-refractivity contribution in [2.75, 3.05) is 39.8 Å². The van der Waals surface area contributed by atoms with Crippen molar-refractivity contribution in [1.82, 2.24) is 15.5 Å².